The van der Waals surface area contributed by atoms with Gasteiger partial charge in [-0.1, -0.05) is 12.1 Å². The quantitative estimate of drug-likeness (QED) is 0.649. The molecule has 2 aromatic heterocycles. The van der Waals surface area contributed by atoms with Crippen molar-refractivity contribution in [3.63, 3.8) is 0 Å². The molecule has 3 N–H and O–H groups in total. The zero-order valence-corrected chi connectivity index (χ0v) is 12.5. The second-order valence-corrected chi connectivity index (χ2v) is 5.35. The highest BCUT2D eigenvalue weighted by Crippen LogP contribution is 2.16. The maximum Gasteiger partial charge on any atom is 0.268 e. The van der Waals surface area contributed by atoms with Crippen molar-refractivity contribution in [2.45, 2.75) is 13.5 Å². The van der Waals surface area contributed by atoms with E-state index in [1.54, 1.807) is 11.6 Å². The molecule has 0 fully saturated rings. The van der Waals surface area contributed by atoms with E-state index in [2.05, 4.69) is 20.5 Å². The average molecular weight is 301 g/mol. The molecular formula is C14H15N5OS. The van der Waals surface area contributed by atoms with Gasteiger partial charge in [-0.05, 0) is 36.8 Å². The number of fused-ring (bicyclic) bond motifs is 1. The van der Waals surface area contributed by atoms with E-state index >= 15 is 0 Å². The highest BCUT2D eigenvalue weighted by Gasteiger charge is 2.10. The van der Waals surface area contributed by atoms with E-state index in [1.165, 1.54) is 0 Å². The molecule has 3 rings (SSSR count). The molecule has 0 saturated heterocycles. The number of nitrogens with one attached hydrogen (secondary N) is 3. The van der Waals surface area contributed by atoms with Gasteiger partial charge in [0.05, 0.1) is 6.54 Å². The van der Waals surface area contributed by atoms with E-state index in [0.29, 0.717) is 22.8 Å². The van der Waals surface area contributed by atoms with Crippen LogP contribution in [-0.4, -0.2) is 25.7 Å². The van der Waals surface area contributed by atoms with Gasteiger partial charge < -0.3 is 14.9 Å². The number of aromatic nitrogens is 4. The Bertz CT molecular complexity index is 873. The first-order valence-electron chi connectivity index (χ1n) is 6.52. The zero-order valence-electron chi connectivity index (χ0n) is 11.7. The lowest BCUT2D eigenvalue weighted by atomic mass is 10.2. The lowest BCUT2D eigenvalue weighted by molar-refractivity contribution is 0.0945. The van der Waals surface area contributed by atoms with Crippen molar-refractivity contribution in [2.24, 2.45) is 7.05 Å². The van der Waals surface area contributed by atoms with Crippen LogP contribution in [0.1, 0.15) is 21.9 Å². The van der Waals surface area contributed by atoms with E-state index in [9.17, 15) is 4.79 Å². The lowest BCUT2D eigenvalue weighted by Gasteiger charge is -2.02. The molecule has 0 unspecified atom stereocenters. The second kappa shape index (κ2) is 5.17. The maximum absolute atomic E-state index is 12.2. The number of amides is 1. The summed E-state index contributed by atoms with van der Waals surface area (Å²) in [7, 11) is 1.80. The number of nitrogens with zero attached hydrogens (tertiary/aromatic N) is 2. The number of rotatable bonds is 3. The molecule has 7 heteroatoms. The Morgan fingerprint density at radius 2 is 2.24 bits per heavy atom. The maximum atomic E-state index is 12.2. The fourth-order valence-electron chi connectivity index (χ4n) is 2.16. The zero-order chi connectivity index (χ0) is 15.0. The van der Waals surface area contributed by atoms with E-state index in [1.807, 2.05) is 31.2 Å². The monoisotopic (exact) mass is 301 g/mol. The molecule has 21 heavy (non-hydrogen) atoms. The fraction of sp³-hybridized carbons (Fsp3) is 0.214. The molecule has 0 aliphatic heterocycles. The number of hydrogen-bond acceptors (Lipinski definition) is 3. The third-order valence-corrected chi connectivity index (χ3v) is 3.77. The summed E-state index contributed by atoms with van der Waals surface area (Å²) < 4.78 is 2.25. The summed E-state index contributed by atoms with van der Waals surface area (Å²) >= 11 is 5.03. The van der Waals surface area contributed by atoms with Crippen LogP contribution in [-0.2, 0) is 13.6 Å². The van der Waals surface area contributed by atoms with Gasteiger partial charge in [0.1, 0.15) is 5.69 Å². The largest absolute Gasteiger partial charge is 0.351 e. The molecule has 1 aromatic carbocycles. The molecule has 108 valence electrons. The van der Waals surface area contributed by atoms with Gasteiger partial charge in [-0.2, -0.15) is 5.10 Å². The van der Waals surface area contributed by atoms with Gasteiger partial charge in [-0.15, -0.1) is 0 Å². The highest BCUT2D eigenvalue weighted by molar-refractivity contribution is 7.71. The standard InChI is InChI=1S/C14H15N5OS/c1-8-3-4-9-6-11(16-10(9)5-8)13(20)15-7-12-17-18-14(21)19(12)2/h3-6,16H,7H2,1-2H3,(H,15,20)(H,18,21). The molecule has 3 aromatic rings. The predicted molar refractivity (Wildman–Crippen MR) is 82.6 cm³/mol. The Balaban J connectivity index is 1.77. The van der Waals surface area contributed by atoms with Crippen LogP contribution in [0.5, 0.6) is 0 Å². The Kier molecular flexibility index (Phi) is 3.34. The minimum Gasteiger partial charge on any atom is -0.351 e. The third-order valence-electron chi connectivity index (χ3n) is 3.40. The molecule has 0 bridgehead atoms. The van der Waals surface area contributed by atoms with Crippen molar-refractivity contribution in [3.8, 4) is 0 Å². The second-order valence-electron chi connectivity index (χ2n) is 4.96. The normalized spacial score (nSPS) is 11.0. The Hall–Kier alpha value is -2.41. The molecule has 0 spiro atoms. The lowest BCUT2D eigenvalue weighted by Crippen LogP contribution is -2.24. The van der Waals surface area contributed by atoms with Gasteiger partial charge in [-0.3, -0.25) is 9.89 Å². The molecule has 2 heterocycles. The van der Waals surface area contributed by atoms with Gasteiger partial charge in [0, 0.05) is 18.0 Å². The van der Waals surface area contributed by atoms with Gasteiger partial charge in [0.25, 0.3) is 5.91 Å². The van der Waals surface area contributed by atoms with Crippen LogP contribution in [0.25, 0.3) is 10.9 Å². The van der Waals surface area contributed by atoms with Gasteiger partial charge in [0.2, 0.25) is 0 Å². The number of benzene rings is 1. The van der Waals surface area contributed by atoms with E-state index in [4.69, 9.17) is 12.2 Å². The van der Waals surface area contributed by atoms with Gasteiger partial charge in [-0.25, -0.2) is 0 Å². The number of H-pyrrole nitrogens is 2. The van der Waals surface area contributed by atoms with Crippen molar-refractivity contribution in [2.75, 3.05) is 0 Å². The van der Waals surface area contributed by atoms with Crippen LogP contribution in [0, 0.1) is 11.7 Å². The third kappa shape index (κ3) is 2.59. The summed E-state index contributed by atoms with van der Waals surface area (Å²) in [6.45, 7) is 2.33. The number of carbonyl (C=O) groups is 1. The SMILES string of the molecule is Cc1ccc2cc(C(=O)NCc3n[nH]c(=S)n3C)[nH]c2c1. The summed E-state index contributed by atoms with van der Waals surface area (Å²) in [6, 6.07) is 7.87. The van der Waals surface area contributed by atoms with Crippen molar-refractivity contribution in [1.82, 2.24) is 25.1 Å². The number of hydrogen-bond donors (Lipinski definition) is 3. The van der Waals surface area contributed by atoms with Crippen molar-refractivity contribution >= 4 is 29.0 Å². The average Bonchev–Trinajstić information content (AvgIpc) is 3.01. The molecule has 0 aliphatic carbocycles. The van der Waals surface area contributed by atoms with Crippen molar-refractivity contribution in [3.05, 3.63) is 46.1 Å². The molecular weight excluding hydrogens is 286 g/mol. The molecule has 6 nitrogen and oxygen atoms in total. The van der Waals surface area contributed by atoms with Crippen LogP contribution in [0.2, 0.25) is 0 Å². The first kappa shape index (κ1) is 13.6. The van der Waals surface area contributed by atoms with Crippen LogP contribution >= 0.6 is 12.2 Å². The molecule has 0 aliphatic rings. The Morgan fingerprint density at radius 1 is 1.43 bits per heavy atom. The van der Waals surface area contributed by atoms with E-state index in [-0.39, 0.29) is 5.91 Å². The predicted octanol–water partition coefficient (Wildman–Crippen LogP) is 2.20. The molecule has 0 radical (unpaired) electrons. The number of aryl methyl sites for hydroxylation is 1. The number of carbonyl (C=O) groups excluding carboxylic acids is 1. The smallest absolute Gasteiger partial charge is 0.268 e. The summed E-state index contributed by atoms with van der Waals surface area (Å²) in [5, 5.41) is 10.6. The first-order chi connectivity index (χ1) is 10.0. The summed E-state index contributed by atoms with van der Waals surface area (Å²) in [4.78, 5) is 15.3. The Labute approximate surface area is 126 Å². The van der Waals surface area contributed by atoms with E-state index < -0.39 is 0 Å². The van der Waals surface area contributed by atoms with Crippen molar-refractivity contribution < 1.29 is 4.79 Å². The summed E-state index contributed by atoms with van der Waals surface area (Å²) in [5.74, 6) is 0.512. The van der Waals surface area contributed by atoms with Crippen LogP contribution in [0.4, 0.5) is 0 Å². The minimum absolute atomic E-state index is 0.169. The fourth-order valence-corrected chi connectivity index (χ4v) is 2.31. The molecule has 0 atom stereocenters. The van der Waals surface area contributed by atoms with Gasteiger partial charge >= 0.3 is 0 Å². The number of aromatic amines is 2. The minimum atomic E-state index is -0.169. The van der Waals surface area contributed by atoms with Crippen LogP contribution in [0.3, 0.4) is 0 Å². The first-order valence-corrected chi connectivity index (χ1v) is 6.93. The topological polar surface area (TPSA) is 78.5 Å². The van der Waals surface area contributed by atoms with Crippen molar-refractivity contribution in [1.29, 1.82) is 0 Å². The molecule has 1 amide bonds. The summed E-state index contributed by atoms with van der Waals surface area (Å²) in [5.41, 5.74) is 2.64. The summed E-state index contributed by atoms with van der Waals surface area (Å²) in [6.07, 6.45) is 0. The molecule has 0 saturated carbocycles. The highest BCUT2D eigenvalue weighted by atomic mass is 32.1. The van der Waals surface area contributed by atoms with Crippen LogP contribution < -0.4 is 5.32 Å². The van der Waals surface area contributed by atoms with E-state index in [0.717, 1.165) is 16.5 Å². The van der Waals surface area contributed by atoms with Crippen LogP contribution in [0.15, 0.2) is 24.3 Å². The van der Waals surface area contributed by atoms with Gasteiger partial charge in [0.15, 0.2) is 10.6 Å². The Morgan fingerprint density at radius 3 is 2.95 bits per heavy atom.